The molecule has 3 aromatic rings. The molecule has 2 N–H and O–H groups in total. The zero-order valence-electron chi connectivity index (χ0n) is 23.0. The zero-order chi connectivity index (χ0) is 29.9. The van der Waals surface area contributed by atoms with E-state index in [1.807, 2.05) is 24.3 Å². The molecule has 42 heavy (non-hydrogen) atoms. The highest BCUT2D eigenvalue weighted by molar-refractivity contribution is 5.99. The number of carbonyl (C=O) groups excluding carboxylic acids is 3. The van der Waals surface area contributed by atoms with Crippen LogP contribution in [0.1, 0.15) is 45.9 Å². The Hall–Kier alpha value is -4.54. The summed E-state index contributed by atoms with van der Waals surface area (Å²) in [5.74, 6) is -0.268. The van der Waals surface area contributed by atoms with E-state index >= 15 is 0 Å². The average molecular weight is 581 g/mol. The van der Waals surface area contributed by atoms with Gasteiger partial charge in [-0.25, -0.2) is 4.79 Å². The maximum Gasteiger partial charge on any atom is 0.416 e. The Morgan fingerprint density at radius 3 is 2.45 bits per heavy atom. The van der Waals surface area contributed by atoms with Crippen LogP contribution < -0.4 is 15.4 Å². The topological polar surface area (TPSA) is 91.0 Å². The summed E-state index contributed by atoms with van der Waals surface area (Å²) >= 11 is 0. The Bertz CT molecular complexity index is 1460. The summed E-state index contributed by atoms with van der Waals surface area (Å²) in [6, 6.07) is 16.9. The summed E-state index contributed by atoms with van der Waals surface area (Å²) in [5.41, 5.74) is 1.90. The van der Waals surface area contributed by atoms with Crippen LogP contribution in [-0.4, -0.2) is 60.4 Å². The van der Waals surface area contributed by atoms with Crippen molar-refractivity contribution in [2.45, 2.75) is 37.5 Å². The molecule has 0 bridgehead atoms. The Morgan fingerprint density at radius 1 is 0.952 bits per heavy atom. The molecular formula is C31H31F3N4O4. The first kappa shape index (κ1) is 29.0. The second-order valence-corrected chi connectivity index (χ2v) is 10.3. The maximum absolute atomic E-state index is 13.8. The number of rotatable bonds is 5. The van der Waals surface area contributed by atoms with Crippen LogP contribution in [0.2, 0.25) is 0 Å². The first-order chi connectivity index (χ1) is 20.1. The molecule has 2 aliphatic rings. The van der Waals surface area contributed by atoms with Gasteiger partial charge in [0.25, 0.3) is 5.91 Å². The van der Waals surface area contributed by atoms with Gasteiger partial charge in [0.1, 0.15) is 11.8 Å². The van der Waals surface area contributed by atoms with E-state index in [0.29, 0.717) is 11.3 Å². The predicted molar refractivity (Wildman–Crippen MR) is 150 cm³/mol. The van der Waals surface area contributed by atoms with E-state index in [1.165, 1.54) is 34.6 Å². The molecule has 1 saturated heterocycles. The second kappa shape index (κ2) is 12.1. The molecule has 220 valence electrons. The highest BCUT2D eigenvalue weighted by Gasteiger charge is 2.39. The highest BCUT2D eigenvalue weighted by Crippen LogP contribution is 2.31. The lowest BCUT2D eigenvalue weighted by Crippen LogP contribution is -2.62. The lowest BCUT2D eigenvalue weighted by Gasteiger charge is -2.41. The van der Waals surface area contributed by atoms with Crippen LogP contribution in [0.3, 0.4) is 0 Å². The fourth-order valence-electron chi connectivity index (χ4n) is 5.47. The van der Waals surface area contributed by atoms with E-state index in [9.17, 15) is 27.6 Å². The van der Waals surface area contributed by atoms with Gasteiger partial charge < -0.3 is 25.2 Å². The monoisotopic (exact) mass is 580 g/mol. The summed E-state index contributed by atoms with van der Waals surface area (Å²) in [5, 5.41) is 5.71. The summed E-state index contributed by atoms with van der Waals surface area (Å²) in [4.78, 5) is 43.4. The molecule has 0 spiro atoms. The van der Waals surface area contributed by atoms with Crippen LogP contribution in [0.5, 0.6) is 5.75 Å². The van der Waals surface area contributed by atoms with Crippen molar-refractivity contribution in [3.8, 4) is 5.75 Å². The molecule has 8 nitrogen and oxygen atoms in total. The molecule has 1 aliphatic heterocycles. The molecule has 0 radical (unpaired) electrons. The third-order valence-electron chi connectivity index (χ3n) is 7.70. The van der Waals surface area contributed by atoms with Gasteiger partial charge in [0.15, 0.2) is 0 Å². The molecule has 0 aromatic heterocycles. The van der Waals surface area contributed by atoms with Gasteiger partial charge in [-0.05, 0) is 72.9 Å². The number of aryl methyl sites for hydroxylation is 1. The van der Waals surface area contributed by atoms with Gasteiger partial charge in [0.05, 0.1) is 25.3 Å². The number of benzene rings is 3. The Morgan fingerprint density at radius 2 is 1.71 bits per heavy atom. The summed E-state index contributed by atoms with van der Waals surface area (Å²) in [6.45, 7) is 0.108. The highest BCUT2D eigenvalue weighted by atomic mass is 19.4. The number of alkyl halides is 3. The van der Waals surface area contributed by atoms with Crippen molar-refractivity contribution in [3.05, 3.63) is 95.1 Å². The number of amides is 4. The number of halogens is 3. The minimum atomic E-state index is -4.49. The standard InChI is InChI=1S/C31H31F3N4O4/c1-42-24-9-4-8-21(18-24)29(40)38-17-16-37(30(41)35-23-14-12-22(13-15-23)31(32,33)34)19-27(38)28(39)36-26-11-5-7-20-6-2-3-10-25(20)26/h2-4,6,8-10,12-15,18,26-27H,5,7,11,16-17,19H2,1H3,(H,35,41)(H,36,39). The number of ether oxygens (including phenoxy) is 1. The number of urea groups is 1. The Kier molecular flexibility index (Phi) is 8.37. The lowest BCUT2D eigenvalue weighted by molar-refractivity contribution is -0.137. The van der Waals surface area contributed by atoms with Gasteiger partial charge in [0.2, 0.25) is 5.91 Å². The number of fused-ring (bicyclic) bond motifs is 1. The van der Waals surface area contributed by atoms with Crippen LogP contribution in [-0.2, 0) is 17.4 Å². The van der Waals surface area contributed by atoms with Crippen LogP contribution in [0.25, 0.3) is 0 Å². The molecule has 0 saturated carbocycles. The van der Waals surface area contributed by atoms with E-state index in [1.54, 1.807) is 24.3 Å². The van der Waals surface area contributed by atoms with Crippen LogP contribution in [0.15, 0.2) is 72.8 Å². The largest absolute Gasteiger partial charge is 0.497 e. The predicted octanol–water partition coefficient (Wildman–Crippen LogP) is 5.27. The Labute approximate surface area is 241 Å². The van der Waals surface area contributed by atoms with Crippen molar-refractivity contribution in [2.75, 3.05) is 32.1 Å². The van der Waals surface area contributed by atoms with Gasteiger partial charge >= 0.3 is 12.2 Å². The molecule has 2 atom stereocenters. The first-order valence-corrected chi connectivity index (χ1v) is 13.7. The van der Waals surface area contributed by atoms with Crippen molar-refractivity contribution in [1.29, 1.82) is 0 Å². The zero-order valence-corrected chi connectivity index (χ0v) is 23.0. The summed E-state index contributed by atoms with van der Waals surface area (Å²) in [7, 11) is 1.50. The number of nitrogens with one attached hydrogen (secondary N) is 2. The minimum Gasteiger partial charge on any atom is -0.497 e. The Balaban J connectivity index is 1.36. The number of hydrogen-bond acceptors (Lipinski definition) is 4. The van der Waals surface area contributed by atoms with Crippen molar-refractivity contribution in [3.63, 3.8) is 0 Å². The van der Waals surface area contributed by atoms with E-state index < -0.39 is 23.8 Å². The van der Waals surface area contributed by atoms with E-state index in [0.717, 1.165) is 37.0 Å². The molecule has 11 heteroatoms. The molecule has 3 aromatic carbocycles. The summed E-state index contributed by atoms with van der Waals surface area (Å²) < 4.78 is 44.1. The normalized spacial score (nSPS) is 18.6. The number of piperazine rings is 1. The molecule has 1 aliphatic carbocycles. The van der Waals surface area contributed by atoms with Crippen molar-refractivity contribution in [1.82, 2.24) is 15.1 Å². The van der Waals surface area contributed by atoms with Gasteiger partial charge in [-0.1, -0.05) is 30.3 Å². The molecule has 5 rings (SSSR count). The van der Waals surface area contributed by atoms with Crippen molar-refractivity contribution >= 4 is 23.5 Å². The smallest absolute Gasteiger partial charge is 0.416 e. The minimum absolute atomic E-state index is 0.0792. The fourth-order valence-corrected chi connectivity index (χ4v) is 5.47. The number of hydrogen-bond donors (Lipinski definition) is 2. The van der Waals surface area contributed by atoms with Crippen molar-refractivity contribution in [2.24, 2.45) is 0 Å². The quantitative estimate of drug-likeness (QED) is 0.431. The summed E-state index contributed by atoms with van der Waals surface area (Å²) in [6.07, 6.45) is -1.92. The molecular weight excluding hydrogens is 549 g/mol. The molecule has 2 unspecified atom stereocenters. The lowest BCUT2D eigenvalue weighted by atomic mass is 9.87. The SMILES string of the molecule is COc1cccc(C(=O)N2CCN(C(=O)Nc3ccc(C(F)(F)F)cc3)CC2C(=O)NC2CCCc3ccccc32)c1. The first-order valence-electron chi connectivity index (χ1n) is 13.7. The van der Waals surface area contributed by atoms with Crippen LogP contribution in [0.4, 0.5) is 23.7 Å². The third kappa shape index (κ3) is 6.35. The van der Waals surface area contributed by atoms with E-state index in [2.05, 4.69) is 10.6 Å². The number of carbonyl (C=O) groups is 3. The molecule has 1 fully saturated rings. The average Bonchev–Trinajstić information content (AvgIpc) is 3.00. The third-order valence-corrected chi connectivity index (χ3v) is 7.70. The van der Waals surface area contributed by atoms with Crippen LogP contribution >= 0.6 is 0 Å². The molecule has 4 amide bonds. The maximum atomic E-state index is 13.8. The van der Waals surface area contributed by atoms with E-state index in [4.69, 9.17) is 4.74 Å². The van der Waals surface area contributed by atoms with E-state index in [-0.39, 0.29) is 43.2 Å². The number of methoxy groups -OCH3 is 1. The van der Waals surface area contributed by atoms with Gasteiger partial charge in [-0.2, -0.15) is 13.2 Å². The van der Waals surface area contributed by atoms with Crippen LogP contribution in [0, 0.1) is 0 Å². The van der Waals surface area contributed by atoms with Crippen molar-refractivity contribution < 1.29 is 32.3 Å². The fraction of sp³-hybridized carbons (Fsp3) is 0.323. The van der Waals surface area contributed by atoms with Gasteiger partial charge in [-0.15, -0.1) is 0 Å². The molecule has 1 heterocycles. The number of nitrogens with zero attached hydrogens (tertiary/aromatic N) is 2. The van der Waals surface area contributed by atoms with Gasteiger partial charge in [0, 0.05) is 24.3 Å². The van der Waals surface area contributed by atoms with Gasteiger partial charge in [-0.3, -0.25) is 9.59 Å². The second-order valence-electron chi connectivity index (χ2n) is 10.3. The number of anilines is 1.